The molecule has 7 heteroatoms. The molecule has 20 heavy (non-hydrogen) atoms. The van der Waals surface area contributed by atoms with Crippen LogP contribution < -0.4 is 11.1 Å². The van der Waals surface area contributed by atoms with Crippen LogP contribution in [0.5, 0.6) is 0 Å². The molecule has 0 saturated heterocycles. The van der Waals surface area contributed by atoms with Crippen LogP contribution in [0.4, 0.5) is 0 Å². The van der Waals surface area contributed by atoms with Gasteiger partial charge in [-0.1, -0.05) is 28.1 Å². The average molecular weight is 338 g/mol. The third-order valence-corrected chi connectivity index (χ3v) is 3.64. The van der Waals surface area contributed by atoms with Crippen molar-refractivity contribution in [1.82, 2.24) is 20.5 Å². The molecule has 0 aliphatic heterocycles. The smallest absolute Gasteiger partial charge is 0.244 e. The first-order valence-electron chi connectivity index (χ1n) is 6.12. The van der Waals surface area contributed by atoms with Crippen LogP contribution in [0.15, 0.2) is 35.1 Å². The van der Waals surface area contributed by atoms with E-state index in [1.165, 1.54) is 6.33 Å². The molecule has 106 valence electrons. The number of hydrogen-bond acceptors (Lipinski definition) is 4. The van der Waals surface area contributed by atoms with Crippen LogP contribution in [0, 0.1) is 0 Å². The number of carbonyl (C=O) groups is 1. The molecule has 2 rings (SSSR count). The van der Waals surface area contributed by atoms with Crippen molar-refractivity contribution in [1.29, 1.82) is 0 Å². The molecule has 6 nitrogen and oxygen atoms in total. The second-order valence-electron chi connectivity index (χ2n) is 4.78. The van der Waals surface area contributed by atoms with Gasteiger partial charge in [-0.2, -0.15) is 5.10 Å². The van der Waals surface area contributed by atoms with Crippen molar-refractivity contribution >= 4 is 21.8 Å². The molecule has 0 aliphatic rings. The van der Waals surface area contributed by atoms with Crippen LogP contribution in [0.1, 0.15) is 31.3 Å². The summed E-state index contributed by atoms with van der Waals surface area (Å²) in [5.41, 5.74) is 5.78. The SMILES string of the molecule is CC(NC(=O)C(C)(N)c1ccc(Br)cc1)c1ncn[nH]1. The van der Waals surface area contributed by atoms with Gasteiger partial charge in [-0.3, -0.25) is 9.89 Å². The predicted octanol–water partition coefficient (Wildman–Crippen LogP) is 1.62. The quantitative estimate of drug-likeness (QED) is 0.789. The molecule has 1 aromatic carbocycles. The summed E-state index contributed by atoms with van der Waals surface area (Å²) in [4.78, 5) is 16.4. The normalized spacial score (nSPS) is 15.4. The molecule has 4 N–H and O–H groups in total. The van der Waals surface area contributed by atoms with Crippen molar-refractivity contribution in [2.24, 2.45) is 5.73 Å². The molecule has 0 fully saturated rings. The van der Waals surface area contributed by atoms with Gasteiger partial charge in [-0.25, -0.2) is 4.98 Å². The third kappa shape index (κ3) is 3.05. The molecule has 0 radical (unpaired) electrons. The van der Waals surface area contributed by atoms with Crippen LogP contribution in [0.2, 0.25) is 0 Å². The van der Waals surface area contributed by atoms with Gasteiger partial charge in [0.05, 0.1) is 6.04 Å². The number of halogens is 1. The predicted molar refractivity (Wildman–Crippen MR) is 78.6 cm³/mol. The summed E-state index contributed by atoms with van der Waals surface area (Å²) in [5.74, 6) is 0.314. The Kier molecular flexibility index (Phi) is 4.20. The third-order valence-electron chi connectivity index (χ3n) is 3.11. The van der Waals surface area contributed by atoms with E-state index in [9.17, 15) is 4.79 Å². The Bertz CT molecular complexity index is 579. The molecule has 1 heterocycles. The minimum Gasteiger partial charge on any atom is -0.344 e. The summed E-state index contributed by atoms with van der Waals surface area (Å²) in [6, 6.07) is 7.07. The van der Waals surface area contributed by atoms with Crippen molar-refractivity contribution in [2.75, 3.05) is 0 Å². The monoisotopic (exact) mass is 337 g/mol. The zero-order valence-corrected chi connectivity index (χ0v) is 12.8. The fraction of sp³-hybridized carbons (Fsp3) is 0.308. The first-order valence-corrected chi connectivity index (χ1v) is 6.91. The highest BCUT2D eigenvalue weighted by atomic mass is 79.9. The fourth-order valence-electron chi connectivity index (χ4n) is 1.77. The van der Waals surface area contributed by atoms with Crippen molar-refractivity contribution in [3.05, 3.63) is 46.5 Å². The lowest BCUT2D eigenvalue weighted by Gasteiger charge is -2.25. The number of nitrogens with one attached hydrogen (secondary N) is 2. The number of amides is 1. The van der Waals surface area contributed by atoms with Gasteiger partial charge in [0.25, 0.3) is 0 Å². The van der Waals surface area contributed by atoms with E-state index in [0.717, 1.165) is 10.0 Å². The van der Waals surface area contributed by atoms with Crippen LogP contribution in [0.3, 0.4) is 0 Å². The van der Waals surface area contributed by atoms with E-state index >= 15 is 0 Å². The minimum absolute atomic E-state index is 0.274. The summed E-state index contributed by atoms with van der Waals surface area (Å²) in [7, 11) is 0. The first-order chi connectivity index (χ1) is 9.41. The Morgan fingerprint density at radius 2 is 2.10 bits per heavy atom. The van der Waals surface area contributed by atoms with Gasteiger partial charge in [0.15, 0.2) is 0 Å². The Morgan fingerprint density at radius 1 is 1.45 bits per heavy atom. The number of nitrogens with two attached hydrogens (primary N) is 1. The zero-order valence-electron chi connectivity index (χ0n) is 11.2. The number of H-pyrrole nitrogens is 1. The Balaban J connectivity index is 2.13. The highest BCUT2D eigenvalue weighted by Gasteiger charge is 2.31. The number of aromatic nitrogens is 3. The lowest BCUT2D eigenvalue weighted by Crippen LogP contribution is -2.49. The van der Waals surface area contributed by atoms with Crippen LogP contribution >= 0.6 is 15.9 Å². The molecule has 0 aliphatic carbocycles. The standard InChI is InChI=1S/C13H16BrN5O/c1-8(11-16-7-17-19-11)18-12(20)13(2,15)9-3-5-10(14)6-4-9/h3-8H,15H2,1-2H3,(H,18,20)(H,16,17,19). The first kappa shape index (κ1) is 14.7. The van der Waals surface area contributed by atoms with Gasteiger partial charge >= 0.3 is 0 Å². The average Bonchev–Trinajstić information content (AvgIpc) is 2.93. The summed E-state index contributed by atoms with van der Waals surface area (Å²) < 4.78 is 0.937. The number of carbonyl (C=O) groups excluding carboxylic acids is 1. The van der Waals surface area contributed by atoms with E-state index in [0.29, 0.717) is 5.82 Å². The molecule has 0 saturated carbocycles. The van der Waals surface area contributed by atoms with E-state index in [1.807, 2.05) is 31.2 Å². The zero-order chi connectivity index (χ0) is 14.8. The van der Waals surface area contributed by atoms with Crippen molar-refractivity contribution in [2.45, 2.75) is 25.4 Å². The van der Waals surface area contributed by atoms with E-state index in [1.54, 1.807) is 6.92 Å². The molecule has 1 aromatic heterocycles. The van der Waals surface area contributed by atoms with Crippen molar-refractivity contribution in [3.8, 4) is 0 Å². The van der Waals surface area contributed by atoms with Gasteiger partial charge in [0.1, 0.15) is 17.7 Å². The van der Waals surface area contributed by atoms with Gasteiger partial charge in [0, 0.05) is 4.47 Å². The van der Waals surface area contributed by atoms with Gasteiger partial charge < -0.3 is 11.1 Å². The molecule has 2 unspecified atom stereocenters. The second kappa shape index (κ2) is 5.72. The maximum absolute atomic E-state index is 12.3. The number of nitrogens with zero attached hydrogens (tertiary/aromatic N) is 2. The number of rotatable bonds is 4. The second-order valence-corrected chi connectivity index (χ2v) is 5.69. The molecule has 2 aromatic rings. The maximum atomic E-state index is 12.3. The lowest BCUT2D eigenvalue weighted by atomic mass is 9.92. The molecule has 0 spiro atoms. The number of aromatic amines is 1. The topological polar surface area (TPSA) is 96.7 Å². The number of hydrogen-bond donors (Lipinski definition) is 3. The molecule has 1 amide bonds. The molecule has 0 bridgehead atoms. The largest absolute Gasteiger partial charge is 0.344 e. The Morgan fingerprint density at radius 3 is 2.65 bits per heavy atom. The summed E-state index contributed by atoms with van der Waals surface area (Å²) in [5, 5.41) is 9.30. The Labute approximate surface area is 125 Å². The molecule has 2 atom stereocenters. The van der Waals surface area contributed by atoms with Crippen LogP contribution in [0.25, 0.3) is 0 Å². The van der Waals surface area contributed by atoms with E-state index < -0.39 is 5.54 Å². The maximum Gasteiger partial charge on any atom is 0.244 e. The van der Waals surface area contributed by atoms with Gasteiger partial charge in [-0.15, -0.1) is 0 Å². The summed E-state index contributed by atoms with van der Waals surface area (Å²) in [6.07, 6.45) is 1.40. The van der Waals surface area contributed by atoms with Gasteiger partial charge in [-0.05, 0) is 31.5 Å². The van der Waals surface area contributed by atoms with Crippen molar-refractivity contribution < 1.29 is 4.79 Å². The molecular weight excluding hydrogens is 322 g/mol. The summed E-state index contributed by atoms with van der Waals surface area (Å²) in [6.45, 7) is 3.49. The van der Waals surface area contributed by atoms with Crippen molar-refractivity contribution in [3.63, 3.8) is 0 Å². The summed E-state index contributed by atoms with van der Waals surface area (Å²) >= 11 is 3.35. The Hall–Kier alpha value is -1.73. The van der Waals surface area contributed by atoms with Crippen LogP contribution in [-0.4, -0.2) is 21.1 Å². The van der Waals surface area contributed by atoms with E-state index in [2.05, 4.69) is 36.4 Å². The highest BCUT2D eigenvalue weighted by molar-refractivity contribution is 9.10. The number of benzene rings is 1. The van der Waals surface area contributed by atoms with Crippen LogP contribution in [-0.2, 0) is 10.3 Å². The minimum atomic E-state index is -1.12. The van der Waals surface area contributed by atoms with E-state index in [4.69, 9.17) is 5.73 Å². The molecular formula is C13H16BrN5O. The fourth-order valence-corrected chi connectivity index (χ4v) is 2.03. The van der Waals surface area contributed by atoms with Gasteiger partial charge in [0.2, 0.25) is 5.91 Å². The van der Waals surface area contributed by atoms with E-state index in [-0.39, 0.29) is 11.9 Å². The lowest BCUT2D eigenvalue weighted by molar-refractivity contribution is -0.126. The highest BCUT2D eigenvalue weighted by Crippen LogP contribution is 2.21.